The number of nitrogens with two attached hydrogens (primary N) is 4. The summed E-state index contributed by atoms with van der Waals surface area (Å²) in [6.45, 7) is 1.88. The van der Waals surface area contributed by atoms with Gasteiger partial charge in [-0.2, -0.15) is 0 Å². The molecule has 1 saturated heterocycles. The summed E-state index contributed by atoms with van der Waals surface area (Å²) in [4.78, 5) is 217. The molecule has 0 saturated carbocycles. The van der Waals surface area contributed by atoms with Crippen LogP contribution in [0.3, 0.4) is 0 Å². The molecule has 14 amide bonds. The van der Waals surface area contributed by atoms with Crippen molar-refractivity contribution in [3.8, 4) is 0 Å². The van der Waals surface area contributed by atoms with E-state index in [0.29, 0.717) is 39.6 Å². The predicted octanol–water partition coefficient (Wildman–Crippen LogP) is -5.83. The van der Waals surface area contributed by atoms with Gasteiger partial charge < -0.3 is 117 Å². The standard InChI is InChI=1S/C76H104N18O19S2.Ca.2H/c1-41(79)64(100)82-37-61(99)83-58-39-114-115-40-59(76(112)113)92-72(108)57(38-95)91-75(111)63(43(3)97)94-71(107)54(33-46-23-11-6-12-24-46)90-74(110)62(42(2)96)93-66(102)51(28-16-18-30-78)84-69(105)55(34-47-36-81-49-26-14-13-25-48(47)49)88-68(104)53(32-45-21-9-5-10-22-45)86-67(103)52(31-44-19-7-4-8-20-44)87-70(106)56(35-60(80)98)89-65(101)50(85-73(58)109)27-15-17-29-77;;;/h4-14,19-26,36,41-43,50-59,62-63,81,95-97H,15-18,27-35,37-40,77-79H2,1-3H3,(H2,80,98)(H,82,100)(H,83,99)(H,84,105)(H,85,109)(H,86,103)(H,87,106)(H,88,104)(H,89,101)(H,90,110)(H,91,111)(H,92,108)(H,93,102)(H,94,107)(H,112,113);;;/t41-,42?,43?,50-,51-,52-,53-,54-,55-,56-,57-,58-,59-,62-,63-;;;/m0.../s1. The van der Waals surface area contributed by atoms with E-state index in [2.05, 4.69) is 74.1 Å². The quantitative estimate of drug-likeness (QED) is 0.0139. The van der Waals surface area contributed by atoms with Crippen LogP contribution in [-0.4, -0.2) is 280 Å². The zero-order valence-corrected chi connectivity index (χ0v) is 65.4. The molecule has 1 aromatic heterocycles. The van der Waals surface area contributed by atoms with Crippen LogP contribution in [0.2, 0.25) is 0 Å². The molecule has 4 aromatic carbocycles. The van der Waals surface area contributed by atoms with Crippen molar-refractivity contribution in [3.05, 3.63) is 144 Å². The Morgan fingerprint density at radius 3 is 1.30 bits per heavy atom. The van der Waals surface area contributed by atoms with Crippen molar-refractivity contribution in [2.45, 2.75) is 182 Å². The molecule has 5 aromatic rings. The minimum absolute atomic E-state index is 0. The zero-order valence-electron chi connectivity index (χ0n) is 63.8. The third-order valence-electron chi connectivity index (χ3n) is 18.3. The fraction of sp³-hybridized carbons (Fsp3) is 0.461. The molecule has 0 spiro atoms. The number of aromatic amines is 1. The second-order valence-electron chi connectivity index (χ2n) is 27.6. The average molecular weight is 1680 g/mol. The number of amides is 14. The van der Waals surface area contributed by atoms with E-state index in [0.717, 1.165) is 35.4 Å². The van der Waals surface area contributed by atoms with E-state index in [1.807, 2.05) is 0 Å². The molecule has 0 radical (unpaired) electrons. The van der Waals surface area contributed by atoms with Gasteiger partial charge in [-0.1, -0.05) is 131 Å². The number of primary amides is 1. The van der Waals surface area contributed by atoms with Crippen LogP contribution in [0.25, 0.3) is 10.9 Å². The van der Waals surface area contributed by atoms with Crippen LogP contribution in [-0.2, 0) is 97.6 Å². The second-order valence-corrected chi connectivity index (χ2v) is 30.1. The Hall–Kier alpha value is -9.81. The van der Waals surface area contributed by atoms with E-state index < -0.39 is 210 Å². The second kappa shape index (κ2) is 50.0. The van der Waals surface area contributed by atoms with Gasteiger partial charge >= 0.3 is 43.7 Å². The van der Waals surface area contributed by atoms with Crippen LogP contribution in [0.1, 0.15) is 88.0 Å². The van der Waals surface area contributed by atoms with Gasteiger partial charge in [-0.15, -0.1) is 0 Å². The average Bonchev–Trinajstić information content (AvgIpc) is 1.77. The molecule has 0 bridgehead atoms. The Kier molecular flexibility index (Phi) is 41.7. The number of carbonyl (C=O) groups excluding carboxylic acids is 14. The number of aliphatic carboxylic acids is 1. The number of aliphatic hydroxyl groups excluding tert-OH is 3. The first kappa shape index (κ1) is 96.8. The summed E-state index contributed by atoms with van der Waals surface area (Å²) in [6, 6.07) is 9.57. The monoisotopic (exact) mass is 1680 g/mol. The number of carboxylic acid groups (broad SMARTS) is 1. The Balaban J connectivity index is 0.0000240. The molecular formula is C76H106CaN18O19S2. The van der Waals surface area contributed by atoms with Gasteiger partial charge in [-0.05, 0) is 101 Å². The van der Waals surface area contributed by atoms with Crippen LogP contribution in [0.4, 0.5) is 0 Å². The minimum atomic E-state index is -1.99. The van der Waals surface area contributed by atoms with Gasteiger partial charge in [0.1, 0.15) is 72.5 Å². The number of aliphatic hydroxyl groups is 3. The zero-order chi connectivity index (χ0) is 84.3. The van der Waals surface area contributed by atoms with Crippen molar-refractivity contribution in [1.29, 1.82) is 0 Å². The maximum absolute atomic E-state index is 15.4. The number of carboxylic acids is 1. The Morgan fingerprint density at radius 1 is 0.474 bits per heavy atom. The molecule has 15 atom stereocenters. The molecule has 116 heavy (non-hydrogen) atoms. The summed E-state index contributed by atoms with van der Waals surface area (Å²) in [5.74, 6) is -17.7. The number of para-hydroxylation sites is 1. The van der Waals surface area contributed by atoms with E-state index in [9.17, 15) is 78.0 Å². The van der Waals surface area contributed by atoms with Crippen molar-refractivity contribution < 1.29 is 92.3 Å². The van der Waals surface area contributed by atoms with Crippen molar-refractivity contribution in [3.63, 3.8) is 0 Å². The van der Waals surface area contributed by atoms with Gasteiger partial charge in [0.2, 0.25) is 82.7 Å². The van der Waals surface area contributed by atoms with Crippen LogP contribution < -0.4 is 92.1 Å². The Morgan fingerprint density at radius 2 is 0.853 bits per heavy atom. The van der Waals surface area contributed by atoms with E-state index in [1.165, 1.54) is 6.92 Å². The van der Waals surface area contributed by atoms with Crippen LogP contribution in [0.5, 0.6) is 0 Å². The molecule has 0 aliphatic carbocycles. The third-order valence-corrected chi connectivity index (χ3v) is 20.7. The van der Waals surface area contributed by atoms with Crippen molar-refractivity contribution in [2.75, 3.05) is 37.7 Å². The normalized spacial score (nSPS) is 23.5. The Bertz CT molecular complexity index is 4140. The molecule has 628 valence electrons. The summed E-state index contributed by atoms with van der Waals surface area (Å²) >= 11 is 0. The van der Waals surface area contributed by atoms with E-state index >= 15 is 14.4 Å². The Labute approximate surface area is 707 Å². The predicted molar refractivity (Wildman–Crippen MR) is 433 cm³/mol. The number of rotatable bonds is 26. The molecule has 6 rings (SSSR count). The van der Waals surface area contributed by atoms with Gasteiger partial charge in [-0.3, -0.25) is 67.1 Å². The third kappa shape index (κ3) is 32.0. The number of carbonyl (C=O) groups is 15. The van der Waals surface area contributed by atoms with Crippen LogP contribution in [0, 0.1) is 0 Å². The molecule has 40 heteroatoms. The molecule has 1 aliphatic rings. The number of unbranched alkanes of at least 4 members (excludes halogenated alkanes) is 2. The maximum atomic E-state index is 15.4. The summed E-state index contributed by atoms with van der Waals surface area (Å²) < 4.78 is 0. The van der Waals surface area contributed by atoms with Crippen molar-refractivity contribution >= 4 is 159 Å². The van der Waals surface area contributed by atoms with Gasteiger partial charge in [0, 0.05) is 54.3 Å². The number of hydrogen-bond donors (Lipinski definition) is 22. The summed E-state index contributed by atoms with van der Waals surface area (Å²) in [7, 11) is 1.49. The fourth-order valence-corrected chi connectivity index (χ4v) is 14.3. The van der Waals surface area contributed by atoms with Gasteiger partial charge in [0.15, 0.2) is 0 Å². The van der Waals surface area contributed by atoms with Crippen LogP contribution in [0.15, 0.2) is 121 Å². The number of nitrogens with one attached hydrogen (secondary N) is 14. The molecule has 2 heterocycles. The first-order chi connectivity index (χ1) is 54.9. The SMILES string of the molecule is CC(O)[C@@H]1NC(=O)[C@H](Cc2ccccc2)NC(=O)[C@H](C(C)O)NC(=O)[C@H](CCCCN)NC(=O)[C@H](Cc2c[nH]c3ccccc23)NC(=O)[C@H](Cc2ccccc2)NC(=O)[C@H](Cc2ccccc2)NC(=O)[C@H](CC(N)=O)NC(=O)[C@H](CCCCN)NC(=O)[C@@H](NC(=O)CNC(=O)[C@H](C)N)CSSC[C@@H](C(=O)O)NC(=O)[C@H](CO)NC1=O.[CaH2]. The van der Waals surface area contributed by atoms with E-state index in [4.69, 9.17) is 22.9 Å². The summed E-state index contributed by atoms with van der Waals surface area (Å²) in [5, 5.41) is 76.1. The molecule has 26 N–H and O–H groups in total. The van der Waals surface area contributed by atoms with Crippen molar-refractivity contribution in [2.24, 2.45) is 22.9 Å². The van der Waals surface area contributed by atoms with Gasteiger partial charge in [0.05, 0.1) is 37.8 Å². The topological polar surface area (TPSA) is 613 Å². The number of fused-ring (bicyclic) bond motifs is 1. The van der Waals surface area contributed by atoms with Gasteiger partial charge in [-0.25, -0.2) is 4.79 Å². The molecule has 37 nitrogen and oxygen atoms in total. The number of H-pyrrole nitrogens is 1. The molecule has 2 unspecified atom stereocenters. The first-order valence-electron chi connectivity index (χ1n) is 37.4. The van der Waals surface area contributed by atoms with Crippen LogP contribution >= 0.6 is 21.6 Å². The molecule has 1 aliphatic heterocycles. The van der Waals surface area contributed by atoms with Gasteiger partial charge in [0.25, 0.3) is 0 Å². The summed E-state index contributed by atoms with van der Waals surface area (Å²) in [5.41, 5.74) is 25.6. The summed E-state index contributed by atoms with van der Waals surface area (Å²) in [6.07, 6.45) is -3.48. The number of benzene rings is 4. The first-order valence-corrected chi connectivity index (χ1v) is 39.8. The van der Waals surface area contributed by atoms with Crippen molar-refractivity contribution in [1.82, 2.24) is 74.1 Å². The number of aromatic nitrogens is 1. The molecule has 1 fully saturated rings. The number of hydrogen-bond acceptors (Lipinski definition) is 23. The van der Waals surface area contributed by atoms with E-state index in [-0.39, 0.29) is 109 Å². The van der Waals surface area contributed by atoms with E-state index in [1.54, 1.807) is 121 Å². The fourth-order valence-electron chi connectivity index (χ4n) is 11.9. The molecular weight excluding hydrogens is 1570 g/mol.